The Morgan fingerprint density at radius 3 is 2.72 bits per heavy atom. The highest BCUT2D eigenvalue weighted by Gasteiger charge is 2.28. The molecule has 0 aliphatic carbocycles. The fraction of sp³-hybridized carbons (Fsp3) is 0.462. The lowest BCUT2D eigenvalue weighted by Crippen LogP contribution is -2.26. The number of amides is 1. The average Bonchev–Trinajstić information content (AvgIpc) is 3.40. The molecule has 1 aromatic carbocycles. The number of H-pyrrole nitrogens is 1. The molecule has 0 saturated carbocycles. The Kier molecular flexibility index (Phi) is 6.63. The van der Waals surface area contributed by atoms with Crippen LogP contribution in [0.3, 0.4) is 0 Å². The number of hydroxylamine groups is 1. The number of nitrogens with zero attached hydrogens (tertiary/aromatic N) is 2. The molecule has 1 aliphatic heterocycles. The van der Waals surface area contributed by atoms with E-state index >= 15 is 0 Å². The number of fused-ring (bicyclic) bond motifs is 1. The third kappa shape index (κ3) is 4.87. The minimum absolute atomic E-state index is 0.0448. The lowest BCUT2D eigenvalue weighted by Gasteiger charge is -2.26. The first-order valence-corrected chi connectivity index (χ1v) is 11.6. The van der Waals surface area contributed by atoms with E-state index in [1.807, 2.05) is 12.3 Å². The molecule has 0 unspecified atom stereocenters. The van der Waals surface area contributed by atoms with Gasteiger partial charge in [-0.3, -0.25) is 14.9 Å². The number of rotatable bonds is 7. The van der Waals surface area contributed by atoms with Gasteiger partial charge in [-0.05, 0) is 61.1 Å². The SMILES string of the molecule is CC(C)(C)c1[nH]c2ncccc2c1CCN1CCC[C@H]1c1ccc(CCC(=O)NO)cc1. The summed E-state index contributed by atoms with van der Waals surface area (Å²) in [6, 6.07) is 13.3. The minimum atomic E-state index is -0.349. The molecular formula is C26H34N4O2. The van der Waals surface area contributed by atoms with Crippen LogP contribution in [0.5, 0.6) is 0 Å². The van der Waals surface area contributed by atoms with Gasteiger partial charge < -0.3 is 4.98 Å². The molecule has 170 valence electrons. The van der Waals surface area contributed by atoms with Crippen LogP contribution in [-0.2, 0) is 23.1 Å². The zero-order valence-corrected chi connectivity index (χ0v) is 19.3. The number of aromatic amines is 1. The molecule has 1 atom stereocenters. The molecule has 1 aliphatic rings. The quantitative estimate of drug-likeness (QED) is 0.373. The molecule has 0 spiro atoms. The standard InChI is InChI=1S/C26H34N4O2/c1-26(2,3)24-20(21-6-4-15-27-25(21)28-24)14-17-30-16-5-7-22(30)19-11-8-18(9-12-19)10-13-23(31)29-32/h4,6,8-9,11-12,15,22,32H,5,7,10,13-14,16-17H2,1-3H3,(H,27,28)(H,29,31)/t22-/m0/s1. The van der Waals surface area contributed by atoms with Crippen LogP contribution in [0.2, 0.25) is 0 Å². The molecule has 2 aromatic heterocycles. The fourth-order valence-corrected chi connectivity index (χ4v) is 4.92. The summed E-state index contributed by atoms with van der Waals surface area (Å²) in [5.74, 6) is -0.349. The molecule has 1 fully saturated rings. The lowest BCUT2D eigenvalue weighted by atomic mass is 9.88. The van der Waals surface area contributed by atoms with E-state index in [0.717, 1.165) is 30.7 Å². The van der Waals surface area contributed by atoms with Gasteiger partial charge in [-0.2, -0.15) is 0 Å². The second-order valence-corrected chi connectivity index (χ2v) is 9.85. The Bertz CT molecular complexity index is 1070. The van der Waals surface area contributed by atoms with Gasteiger partial charge in [0.1, 0.15) is 5.65 Å². The predicted molar refractivity (Wildman–Crippen MR) is 127 cm³/mol. The number of hydrogen-bond donors (Lipinski definition) is 3. The van der Waals surface area contributed by atoms with Gasteiger partial charge in [-0.1, -0.05) is 45.0 Å². The van der Waals surface area contributed by atoms with E-state index in [1.54, 1.807) is 5.48 Å². The summed E-state index contributed by atoms with van der Waals surface area (Å²) in [5.41, 5.74) is 7.86. The molecule has 1 amide bonds. The molecule has 1 saturated heterocycles. The molecular weight excluding hydrogens is 400 g/mol. The van der Waals surface area contributed by atoms with E-state index < -0.39 is 0 Å². The number of aromatic nitrogens is 2. The molecule has 32 heavy (non-hydrogen) atoms. The van der Waals surface area contributed by atoms with Gasteiger partial charge in [-0.15, -0.1) is 0 Å². The van der Waals surface area contributed by atoms with Crippen molar-refractivity contribution < 1.29 is 10.0 Å². The van der Waals surface area contributed by atoms with Gasteiger partial charge in [0.25, 0.3) is 0 Å². The second-order valence-electron chi connectivity index (χ2n) is 9.85. The molecule has 0 radical (unpaired) electrons. The average molecular weight is 435 g/mol. The number of likely N-dealkylation sites (tertiary alicyclic amines) is 1. The number of carbonyl (C=O) groups is 1. The summed E-state index contributed by atoms with van der Waals surface area (Å²) < 4.78 is 0. The molecule has 6 heteroatoms. The molecule has 4 rings (SSSR count). The number of carbonyl (C=O) groups excluding carboxylic acids is 1. The van der Waals surface area contributed by atoms with Gasteiger partial charge in [0.2, 0.25) is 5.91 Å². The van der Waals surface area contributed by atoms with Crippen molar-refractivity contribution in [1.29, 1.82) is 0 Å². The Morgan fingerprint density at radius 2 is 2.00 bits per heavy atom. The van der Waals surface area contributed by atoms with Crippen LogP contribution in [0.4, 0.5) is 0 Å². The predicted octanol–water partition coefficient (Wildman–Crippen LogP) is 4.68. The van der Waals surface area contributed by atoms with Crippen molar-refractivity contribution in [3.05, 3.63) is 65.0 Å². The summed E-state index contributed by atoms with van der Waals surface area (Å²) >= 11 is 0. The third-order valence-electron chi connectivity index (χ3n) is 6.57. The topological polar surface area (TPSA) is 81.2 Å². The molecule has 6 nitrogen and oxygen atoms in total. The summed E-state index contributed by atoms with van der Waals surface area (Å²) in [6.07, 6.45) is 6.17. The van der Waals surface area contributed by atoms with Crippen molar-refractivity contribution in [3.8, 4) is 0 Å². The maximum absolute atomic E-state index is 11.3. The van der Waals surface area contributed by atoms with Crippen LogP contribution in [0.15, 0.2) is 42.6 Å². The van der Waals surface area contributed by atoms with Crippen molar-refractivity contribution in [2.24, 2.45) is 0 Å². The zero-order chi connectivity index (χ0) is 22.7. The maximum Gasteiger partial charge on any atom is 0.243 e. The Morgan fingerprint density at radius 1 is 1.22 bits per heavy atom. The van der Waals surface area contributed by atoms with Gasteiger partial charge in [0.15, 0.2) is 0 Å². The Labute approximate surface area is 190 Å². The first-order chi connectivity index (χ1) is 15.4. The molecule has 3 aromatic rings. The highest BCUT2D eigenvalue weighted by molar-refractivity contribution is 5.81. The van der Waals surface area contributed by atoms with Crippen molar-refractivity contribution in [2.45, 2.75) is 64.3 Å². The number of pyridine rings is 1. The Balaban J connectivity index is 1.47. The van der Waals surface area contributed by atoms with Crippen LogP contribution in [0, 0.1) is 0 Å². The highest BCUT2D eigenvalue weighted by atomic mass is 16.5. The number of benzene rings is 1. The van der Waals surface area contributed by atoms with Crippen molar-refractivity contribution >= 4 is 16.9 Å². The van der Waals surface area contributed by atoms with E-state index in [-0.39, 0.29) is 11.3 Å². The first kappa shape index (κ1) is 22.5. The summed E-state index contributed by atoms with van der Waals surface area (Å²) in [6.45, 7) is 8.91. The van der Waals surface area contributed by atoms with E-state index in [1.165, 1.54) is 35.0 Å². The zero-order valence-electron chi connectivity index (χ0n) is 19.3. The number of nitrogens with one attached hydrogen (secondary N) is 2. The summed E-state index contributed by atoms with van der Waals surface area (Å²) in [4.78, 5) is 22.0. The van der Waals surface area contributed by atoms with Crippen molar-refractivity contribution in [3.63, 3.8) is 0 Å². The smallest absolute Gasteiger partial charge is 0.243 e. The summed E-state index contributed by atoms with van der Waals surface area (Å²) in [5, 5.41) is 9.90. The molecule has 3 N–H and O–H groups in total. The largest absolute Gasteiger partial charge is 0.343 e. The van der Waals surface area contributed by atoms with E-state index in [2.05, 4.69) is 66.0 Å². The fourth-order valence-electron chi connectivity index (χ4n) is 4.92. The van der Waals surface area contributed by atoms with Crippen molar-refractivity contribution in [2.75, 3.05) is 13.1 Å². The van der Waals surface area contributed by atoms with Crippen LogP contribution < -0.4 is 5.48 Å². The Hall–Kier alpha value is -2.70. The van der Waals surface area contributed by atoms with E-state index in [0.29, 0.717) is 18.9 Å². The van der Waals surface area contributed by atoms with Crippen LogP contribution in [-0.4, -0.2) is 39.1 Å². The van der Waals surface area contributed by atoms with Crippen LogP contribution in [0.25, 0.3) is 11.0 Å². The van der Waals surface area contributed by atoms with E-state index in [4.69, 9.17) is 5.21 Å². The van der Waals surface area contributed by atoms with E-state index in [9.17, 15) is 4.79 Å². The van der Waals surface area contributed by atoms with Gasteiger partial charge in [0.05, 0.1) is 0 Å². The van der Waals surface area contributed by atoms with Crippen LogP contribution >= 0.6 is 0 Å². The molecule has 0 bridgehead atoms. The first-order valence-electron chi connectivity index (χ1n) is 11.6. The highest BCUT2D eigenvalue weighted by Crippen LogP contribution is 2.34. The maximum atomic E-state index is 11.3. The third-order valence-corrected chi connectivity index (χ3v) is 6.57. The number of hydrogen-bond acceptors (Lipinski definition) is 4. The second kappa shape index (κ2) is 9.43. The monoisotopic (exact) mass is 434 g/mol. The normalized spacial score (nSPS) is 17.2. The lowest BCUT2D eigenvalue weighted by molar-refractivity contribution is -0.129. The van der Waals surface area contributed by atoms with Gasteiger partial charge in [-0.25, -0.2) is 10.5 Å². The molecule has 3 heterocycles. The number of aryl methyl sites for hydroxylation is 1. The summed E-state index contributed by atoms with van der Waals surface area (Å²) in [7, 11) is 0. The van der Waals surface area contributed by atoms with Gasteiger partial charge >= 0.3 is 0 Å². The minimum Gasteiger partial charge on any atom is -0.343 e. The van der Waals surface area contributed by atoms with Crippen LogP contribution in [0.1, 0.15) is 68.5 Å². The van der Waals surface area contributed by atoms with Crippen molar-refractivity contribution in [1.82, 2.24) is 20.3 Å². The van der Waals surface area contributed by atoms with Gasteiger partial charge in [0, 0.05) is 41.7 Å².